The minimum Gasteiger partial charge on any atom is -0.493 e. The van der Waals surface area contributed by atoms with Gasteiger partial charge < -0.3 is 29.6 Å². The molecule has 10 atom stereocenters. The number of nitrogen functional groups attached to an aromatic ring is 1. The number of ether oxygens (including phenoxy) is 4. The fourth-order valence-corrected chi connectivity index (χ4v) is 12.4. The number of amides is 1. The van der Waals surface area contributed by atoms with Gasteiger partial charge in [0.15, 0.2) is 42.0 Å². The van der Waals surface area contributed by atoms with Gasteiger partial charge in [-0.1, -0.05) is 76.1 Å². The minimum atomic E-state index is -5.30. The van der Waals surface area contributed by atoms with Gasteiger partial charge in [-0.05, 0) is 53.7 Å². The zero-order valence-electron chi connectivity index (χ0n) is 37.4. The number of benzene rings is 2. The zero-order chi connectivity index (χ0) is 48.7. The number of carbonyl (C=O) groups excluding carboxylic acids is 3. The lowest BCUT2D eigenvalue weighted by molar-refractivity contribution is -0.148. The fourth-order valence-electron chi connectivity index (χ4n) is 8.08. The molecular formula is C44H52F2N6O14P2S. The Balaban J connectivity index is 0.981. The highest BCUT2D eigenvalue weighted by molar-refractivity contribution is 8.54. The number of rotatable bonds is 17. The zero-order valence-corrected chi connectivity index (χ0v) is 40.0. The van der Waals surface area contributed by atoms with Gasteiger partial charge in [0.25, 0.3) is 0 Å². The second-order valence-electron chi connectivity index (χ2n) is 16.6. The van der Waals surface area contributed by atoms with Gasteiger partial charge in [-0.3, -0.25) is 37.2 Å². The Hall–Kier alpha value is -4.67. The molecule has 2 unspecified atom stereocenters. The van der Waals surface area contributed by atoms with Crippen molar-refractivity contribution >= 4 is 60.6 Å². The molecule has 3 fully saturated rings. The monoisotopic (exact) mass is 1020 g/mol. The molecule has 4 aromatic rings. The average Bonchev–Trinajstić information content (AvgIpc) is 3.99. The molecule has 1 amide bonds. The lowest BCUT2D eigenvalue weighted by Gasteiger charge is -2.31. The number of aromatic nitrogens is 4. The summed E-state index contributed by atoms with van der Waals surface area (Å²) in [5.74, 6) is -1.55. The smallest absolute Gasteiger partial charge is 0.472 e. The molecule has 25 heteroatoms. The quantitative estimate of drug-likeness (QED) is 0.0337. The molecule has 8 rings (SSSR count). The van der Waals surface area contributed by atoms with Crippen LogP contribution in [0.4, 0.5) is 14.6 Å². The SMILES string of the molecule is CCCCCCCCCCOc1ccccc1C(=O)Oc1ccc(CSP2(=O)OC[C@H]3O[C@@H](N4C=CC(=O)CC4=O)[C@H](OP(=O)(O)OC[C@H]4O[C@@H](n5cnc6c(N)ncnc65)[C@H](F)[C@@H]4O2)[C@@H]3F)cc1. The fraction of sp³-hybridized carbons (Fsp3) is 0.500. The summed E-state index contributed by atoms with van der Waals surface area (Å²) in [7, 11) is -5.30. The topological polar surface area (TPSA) is 252 Å². The summed E-state index contributed by atoms with van der Waals surface area (Å²) in [5.41, 5.74) is 6.89. The summed E-state index contributed by atoms with van der Waals surface area (Å²) < 4.78 is 108. The van der Waals surface area contributed by atoms with Gasteiger partial charge in [0, 0.05) is 12.0 Å². The molecule has 0 aliphatic carbocycles. The number of allylic oxidation sites excluding steroid dienone is 1. The summed E-state index contributed by atoms with van der Waals surface area (Å²) in [6.07, 6.45) is -2.05. The van der Waals surface area contributed by atoms with Crippen molar-refractivity contribution in [3.05, 3.63) is 84.6 Å². The number of imidazole rings is 1. The van der Waals surface area contributed by atoms with Crippen LogP contribution in [0.15, 0.2) is 73.5 Å². The number of nitrogens with zero attached hydrogens (tertiary/aromatic N) is 5. The number of carbonyl (C=O) groups is 3. The first-order chi connectivity index (χ1) is 33.2. The van der Waals surface area contributed by atoms with E-state index < -0.39 is 101 Å². The Labute approximate surface area is 399 Å². The second-order valence-corrected chi connectivity index (χ2v) is 22.1. The predicted octanol–water partition coefficient (Wildman–Crippen LogP) is 7.72. The summed E-state index contributed by atoms with van der Waals surface area (Å²) in [4.78, 5) is 62.1. The number of hydrogen-bond donors (Lipinski definition) is 2. The number of phosphoric ester groups is 1. The van der Waals surface area contributed by atoms with E-state index in [1.54, 1.807) is 36.4 Å². The molecule has 2 aromatic carbocycles. The molecule has 0 saturated carbocycles. The van der Waals surface area contributed by atoms with Crippen molar-refractivity contribution in [3.63, 3.8) is 0 Å². The van der Waals surface area contributed by atoms with Gasteiger partial charge in [-0.25, -0.2) is 37.7 Å². The van der Waals surface area contributed by atoms with Crippen molar-refractivity contribution in [1.82, 2.24) is 24.4 Å². The van der Waals surface area contributed by atoms with E-state index in [1.807, 2.05) is 0 Å². The summed E-state index contributed by atoms with van der Waals surface area (Å²) in [5, 5.41) is 0. The van der Waals surface area contributed by atoms with E-state index in [0.717, 1.165) is 42.8 Å². The highest BCUT2D eigenvalue weighted by Crippen LogP contribution is 2.64. The summed E-state index contributed by atoms with van der Waals surface area (Å²) in [6, 6.07) is 13.0. The molecule has 0 spiro atoms. The normalized spacial score (nSPS) is 29.6. The van der Waals surface area contributed by atoms with E-state index in [2.05, 4.69) is 21.9 Å². The molecule has 0 radical (unpaired) electrons. The lowest BCUT2D eigenvalue weighted by atomic mass is 10.1. The summed E-state index contributed by atoms with van der Waals surface area (Å²) >= 11 is 0.595. The van der Waals surface area contributed by atoms with E-state index in [0.29, 0.717) is 29.3 Å². The number of esters is 1. The number of para-hydroxylation sites is 1. The van der Waals surface area contributed by atoms with Crippen molar-refractivity contribution in [2.45, 2.75) is 120 Å². The number of unbranched alkanes of at least 4 members (excludes halogenated alkanes) is 7. The van der Waals surface area contributed by atoms with Gasteiger partial charge in [0.1, 0.15) is 53.3 Å². The minimum absolute atomic E-state index is 0.0117. The van der Waals surface area contributed by atoms with Crippen molar-refractivity contribution < 1.29 is 74.2 Å². The molecule has 372 valence electrons. The Kier molecular flexibility index (Phi) is 16.6. The highest BCUT2D eigenvalue weighted by Gasteiger charge is 2.56. The van der Waals surface area contributed by atoms with Crippen LogP contribution in [0.1, 0.15) is 86.9 Å². The first kappa shape index (κ1) is 50.7. The number of nitrogens with two attached hydrogens (primary N) is 1. The molecule has 4 aliphatic rings. The predicted molar refractivity (Wildman–Crippen MR) is 244 cm³/mol. The van der Waals surface area contributed by atoms with Crippen LogP contribution in [-0.2, 0) is 52.0 Å². The number of alkyl halides is 2. The van der Waals surface area contributed by atoms with Crippen LogP contribution in [0.25, 0.3) is 11.2 Å². The van der Waals surface area contributed by atoms with Crippen LogP contribution in [0.3, 0.4) is 0 Å². The maximum Gasteiger partial charge on any atom is 0.472 e. The first-order valence-electron chi connectivity index (χ1n) is 22.5. The average molecular weight is 1020 g/mol. The largest absolute Gasteiger partial charge is 0.493 e. The van der Waals surface area contributed by atoms with Gasteiger partial charge in [0.05, 0.1) is 32.6 Å². The van der Waals surface area contributed by atoms with E-state index in [-0.39, 0.29) is 34.0 Å². The third kappa shape index (κ3) is 12.3. The van der Waals surface area contributed by atoms with Crippen LogP contribution in [0, 0.1) is 0 Å². The van der Waals surface area contributed by atoms with Gasteiger partial charge in [-0.15, -0.1) is 0 Å². The van der Waals surface area contributed by atoms with E-state index in [9.17, 15) is 28.4 Å². The number of halogens is 2. The maximum absolute atomic E-state index is 16.8. The lowest BCUT2D eigenvalue weighted by Crippen LogP contribution is -2.46. The van der Waals surface area contributed by atoms with Gasteiger partial charge in [-0.2, -0.15) is 0 Å². The Morgan fingerprint density at radius 3 is 2.38 bits per heavy atom. The molecule has 2 bridgehead atoms. The van der Waals surface area contributed by atoms with E-state index >= 15 is 8.78 Å². The molecule has 3 N–H and O–H groups in total. The third-order valence-corrected chi connectivity index (χ3v) is 16.3. The highest BCUT2D eigenvalue weighted by atomic mass is 32.7. The van der Waals surface area contributed by atoms with Crippen LogP contribution in [0.2, 0.25) is 0 Å². The molecule has 4 aliphatic heterocycles. The van der Waals surface area contributed by atoms with Crippen LogP contribution in [0.5, 0.6) is 11.5 Å². The van der Waals surface area contributed by atoms with Crippen molar-refractivity contribution in [3.8, 4) is 11.5 Å². The second kappa shape index (κ2) is 22.6. The third-order valence-electron chi connectivity index (χ3n) is 11.7. The van der Waals surface area contributed by atoms with Crippen molar-refractivity contribution in [1.29, 1.82) is 0 Å². The molecule has 6 heterocycles. The van der Waals surface area contributed by atoms with Crippen LogP contribution in [-0.4, -0.2) is 110 Å². The number of fused-ring (bicyclic) bond motifs is 4. The number of phosphoric acid groups is 1. The van der Waals surface area contributed by atoms with Gasteiger partial charge >= 0.3 is 20.6 Å². The number of hydrogen-bond acceptors (Lipinski definition) is 18. The summed E-state index contributed by atoms with van der Waals surface area (Å²) in [6.45, 7) is -3.81. The Morgan fingerprint density at radius 2 is 1.61 bits per heavy atom. The van der Waals surface area contributed by atoms with Crippen molar-refractivity contribution in [2.24, 2.45) is 0 Å². The molecule has 3 saturated heterocycles. The number of ketones is 1. The maximum atomic E-state index is 16.8. The molecule has 2 aromatic heterocycles. The first-order valence-corrected chi connectivity index (χ1v) is 27.2. The Bertz CT molecular complexity index is 2600. The number of anilines is 1. The molecule has 20 nitrogen and oxygen atoms in total. The van der Waals surface area contributed by atoms with E-state index in [4.69, 9.17) is 42.8 Å². The van der Waals surface area contributed by atoms with Crippen LogP contribution < -0.4 is 15.2 Å². The Morgan fingerprint density at radius 1 is 0.884 bits per heavy atom. The van der Waals surface area contributed by atoms with Crippen molar-refractivity contribution in [2.75, 3.05) is 25.6 Å². The molecular weight excluding hydrogens is 969 g/mol. The van der Waals surface area contributed by atoms with Gasteiger partial charge in [0.2, 0.25) is 5.91 Å². The van der Waals surface area contributed by atoms with Crippen LogP contribution >= 0.6 is 26.0 Å². The molecule has 69 heavy (non-hydrogen) atoms. The van der Waals surface area contributed by atoms with E-state index in [1.165, 1.54) is 55.1 Å². The standard InChI is InChI=1S/C44H52F2N6O14P2S/c1-2-3-4-5-6-7-8-11-20-59-31-13-10-9-12-30(31)44(55)62-29-16-14-27(15-17-29)24-69-68(58)61-22-32-35(45)39(43(63-32)51-19-18-28(53)21-34(51)54)65-67(56,57)60-23-33-38(66-68)36(46)42(64-33)52-26-50-37-40(47)48-25-49-41(37)52/h9-10,12-19,25-26,32-33,35-36,38-39,42-43H,2-8,11,20-24H2,1H3,(H,56,57)(H2,47,48,49)/t32-,33-,35-,36-,38-,39-,42-,43-,68?/m1/s1.